The second-order valence-corrected chi connectivity index (χ2v) is 8.32. The van der Waals surface area contributed by atoms with Gasteiger partial charge in [0.1, 0.15) is 5.52 Å². The SMILES string of the molecule is Cn1ncc2ccc(CC3CCN(C(=O)C4CC(C)(O)C4)CC3)c(F)c21. The molecule has 1 aromatic heterocycles. The highest BCUT2D eigenvalue weighted by Crippen LogP contribution is 2.39. The van der Waals surface area contributed by atoms with Crippen LogP contribution in [0.2, 0.25) is 0 Å². The topological polar surface area (TPSA) is 58.4 Å². The van der Waals surface area contributed by atoms with E-state index >= 15 is 0 Å². The number of likely N-dealkylation sites (tertiary alicyclic amines) is 1. The standard InChI is InChI=1S/C20H26FN3O2/c1-20(26)10-16(11-20)19(25)24-7-5-13(6-8-24)9-14-3-4-15-12-22-23(2)18(15)17(14)21/h3-4,12-13,16,26H,5-11H2,1-2H3. The highest BCUT2D eigenvalue weighted by atomic mass is 19.1. The maximum atomic E-state index is 14.8. The number of benzene rings is 1. The van der Waals surface area contributed by atoms with Gasteiger partial charge in [-0.25, -0.2) is 4.39 Å². The molecule has 1 saturated carbocycles. The Balaban J connectivity index is 1.36. The minimum absolute atomic E-state index is 0.0220. The van der Waals surface area contributed by atoms with Gasteiger partial charge in [0.2, 0.25) is 5.91 Å². The van der Waals surface area contributed by atoms with Crippen molar-refractivity contribution >= 4 is 16.8 Å². The summed E-state index contributed by atoms with van der Waals surface area (Å²) in [5.74, 6) is 0.380. The number of hydrogen-bond acceptors (Lipinski definition) is 3. The lowest BCUT2D eigenvalue weighted by Gasteiger charge is -2.43. The third-order valence-corrected chi connectivity index (χ3v) is 6.08. The number of aliphatic hydroxyl groups is 1. The summed E-state index contributed by atoms with van der Waals surface area (Å²) < 4.78 is 16.4. The molecule has 1 aliphatic carbocycles. The Morgan fingerprint density at radius 2 is 2.04 bits per heavy atom. The first-order chi connectivity index (χ1) is 12.3. The van der Waals surface area contributed by atoms with Gasteiger partial charge in [-0.15, -0.1) is 0 Å². The number of hydrogen-bond donors (Lipinski definition) is 1. The molecule has 2 aromatic rings. The largest absolute Gasteiger partial charge is 0.390 e. The number of amides is 1. The second-order valence-electron chi connectivity index (χ2n) is 8.32. The average Bonchev–Trinajstić information content (AvgIpc) is 2.97. The first kappa shape index (κ1) is 17.5. The van der Waals surface area contributed by atoms with E-state index in [0.29, 0.717) is 30.7 Å². The smallest absolute Gasteiger partial charge is 0.225 e. The highest BCUT2D eigenvalue weighted by molar-refractivity contribution is 5.80. The van der Waals surface area contributed by atoms with Crippen LogP contribution in [0.15, 0.2) is 18.3 Å². The summed E-state index contributed by atoms with van der Waals surface area (Å²) in [5, 5.41) is 14.8. The fourth-order valence-corrected chi connectivity index (χ4v) is 4.52. The van der Waals surface area contributed by atoms with Crippen LogP contribution in [0.5, 0.6) is 0 Å². The lowest BCUT2D eigenvalue weighted by atomic mass is 9.71. The third-order valence-electron chi connectivity index (χ3n) is 6.08. The number of aryl methyl sites for hydroxylation is 1. The maximum Gasteiger partial charge on any atom is 0.225 e. The second kappa shape index (κ2) is 6.34. The summed E-state index contributed by atoms with van der Waals surface area (Å²) in [6.07, 6.45) is 5.33. The predicted octanol–water partition coefficient (Wildman–Crippen LogP) is 2.65. The van der Waals surface area contributed by atoms with Gasteiger partial charge < -0.3 is 10.0 Å². The van der Waals surface area contributed by atoms with Gasteiger partial charge in [-0.05, 0) is 50.5 Å². The zero-order valence-corrected chi connectivity index (χ0v) is 15.4. The van der Waals surface area contributed by atoms with Crippen molar-refractivity contribution < 1.29 is 14.3 Å². The van der Waals surface area contributed by atoms with E-state index in [0.717, 1.165) is 36.9 Å². The number of carbonyl (C=O) groups excluding carboxylic acids is 1. The predicted molar refractivity (Wildman–Crippen MR) is 97.0 cm³/mol. The van der Waals surface area contributed by atoms with Crippen LogP contribution in [0, 0.1) is 17.7 Å². The van der Waals surface area contributed by atoms with Crippen molar-refractivity contribution in [1.29, 1.82) is 0 Å². The summed E-state index contributed by atoms with van der Waals surface area (Å²) in [6, 6.07) is 3.80. The molecule has 1 saturated heterocycles. The summed E-state index contributed by atoms with van der Waals surface area (Å²) in [5.41, 5.74) is 0.633. The van der Waals surface area contributed by atoms with Crippen molar-refractivity contribution in [2.75, 3.05) is 13.1 Å². The Bertz CT molecular complexity index is 829. The zero-order valence-electron chi connectivity index (χ0n) is 15.4. The zero-order chi connectivity index (χ0) is 18.5. The molecular weight excluding hydrogens is 333 g/mol. The van der Waals surface area contributed by atoms with E-state index in [1.807, 2.05) is 17.0 Å². The molecule has 1 aliphatic heterocycles. The fourth-order valence-electron chi connectivity index (χ4n) is 4.52. The van der Waals surface area contributed by atoms with E-state index in [2.05, 4.69) is 5.10 Å². The molecule has 1 aromatic carbocycles. The van der Waals surface area contributed by atoms with Gasteiger partial charge >= 0.3 is 0 Å². The molecule has 2 heterocycles. The lowest BCUT2D eigenvalue weighted by molar-refractivity contribution is -0.151. The van der Waals surface area contributed by atoms with Crippen LogP contribution in [-0.4, -0.2) is 44.4 Å². The van der Waals surface area contributed by atoms with Crippen molar-refractivity contribution in [2.24, 2.45) is 18.9 Å². The Morgan fingerprint density at radius 1 is 1.35 bits per heavy atom. The van der Waals surface area contributed by atoms with Crippen molar-refractivity contribution in [3.63, 3.8) is 0 Å². The van der Waals surface area contributed by atoms with Gasteiger partial charge in [0.15, 0.2) is 5.82 Å². The number of piperidine rings is 1. The molecule has 1 amide bonds. The number of nitrogens with zero attached hydrogens (tertiary/aromatic N) is 3. The molecule has 0 unspecified atom stereocenters. The normalized spacial score (nSPS) is 26.9. The molecule has 1 N–H and O–H groups in total. The minimum atomic E-state index is -0.666. The number of aromatic nitrogens is 2. The summed E-state index contributed by atoms with van der Waals surface area (Å²) in [6.45, 7) is 3.26. The van der Waals surface area contributed by atoms with Gasteiger partial charge in [0.05, 0.1) is 11.8 Å². The number of rotatable bonds is 3. The first-order valence-corrected chi connectivity index (χ1v) is 9.44. The van der Waals surface area contributed by atoms with Gasteiger partial charge in [-0.1, -0.05) is 12.1 Å². The first-order valence-electron chi connectivity index (χ1n) is 9.44. The Hall–Kier alpha value is -1.95. The molecule has 0 spiro atoms. The maximum absolute atomic E-state index is 14.8. The minimum Gasteiger partial charge on any atom is -0.390 e. The van der Waals surface area contributed by atoms with E-state index in [1.165, 1.54) is 0 Å². The molecule has 140 valence electrons. The van der Waals surface area contributed by atoms with Crippen LogP contribution < -0.4 is 0 Å². The average molecular weight is 359 g/mol. The molecule has 2 aliphatic rings. The molecule has 6 heteroatoms. The van der Waals surface area contributed by atoms with Crippen molar-refractivity contribution in [3.05, 3.63) is 29.7 Å². The molecule has 0 atom stereocenters. The molecule has 26 heavy (non-hydrogen) atoms. The monoisotopic (exact) mass is 359 g/mol. The summed E-state index contributed by atoms with van der Waals surface area (Å²) in [4.78, 5) is 14.4. The molecule has 0 radical (unpaired) electrons. The van der Waals surface area contributed by atoms with Crippen molar-refractivity contribution in [1.82, 2.24) is 14.7 Å². The fraction of sp³-hybridized carbons (Fsp3) is 0.600. The number of halogens is 1. The van der Waals surface area contributed by atoms with E-state index < -0.39 is 5.60 Å². The van der Waals surface area contributed by atoms with Crippen LogP contribution >= 0.6 is 0 Å². The van der Waals surface area contributed by atoms with Crippen molar-refractivity contribution in [3.8, 4) is 0 Å². The lowest BCUT2D eigenvalue weighted by Crippen LogP contribution is -2.51. The number of fused-ring (bicyclic) bond motifs is 1. The van der Waals surface area contributed by atoms with Crippen LogP contribution in [-0.2, 0) is 18.3 Å². The molecule has 2 fully saturated rings. The van der Waals surface area contributed by atoms with Crippen molar-refractivity contribution in [2.45, 2.75) is 44.6 Å². The highest BCUT2D eigenvalue weighted by Gasteiger charge is 2.44. The van der Waals surface area contributed by atoms with Crippen LogP contribution in [0.3, 0.4) is 0 Å². The quantitative estimate of drug-likeness (QED) is 0.917. The van der Waals surface area contributed by atoms with E-state index in [-0.39, 0.29) is 17.6 Å². The Kier molecular flexibility index (Phi) is 4.26. The van der Waals surface area contributed by atoms with E-state index in [4.69, 9.17) is 0 Å². The van der Waals surface area contributed by atoms with Gasteiger partial charge in [0, 0.05) is 31.4 Å². The van der Waals surface area contributed by atoms with Crippen LogP contribution in [0.25, 0.3) is 10.9 Å². The molecule has 4 rings (SSSR count). The third kappa shape index (κ3) is 3.11. The molecular formula is C20H26FN3O2. The molecule has 5 nitrogen and oxygen atoms in total. The Labute approximate surface area is 152 Å². The van der Waals surface area contributed by atoms with E-state index in [1.54, 1.807) is 24.9 Å². The van der Waals surface area contributed by atoms with Gasteiger partial charge in [0.25, 0.3) is 0 Å². The summed E-state index contributed by atoms with van der Waals surface area (Å²) >= 11 is 0. The van der Waals surface area contributed by atoms with E-state index in [9.17, 15) is 14.3 Å². The van der Waals surface area contributed by atoms with Gasteiger partial charge in [-0.3, -0.25) is 9.48 Å². The van der Waals surface area contributed by atoms with Gasteiger partial charge in [-0.2, -0.15) is 5.10 Å². The summed E-state index contributed by atoms with van der Waals surface area (Å²) in [7, 11) is 1.76. The Morgan fingerprint density at radius 3 is 2.69 bits per heavy atom. The van der Waals surface area contributed by atoms with Crippen LogP contribution in [0.4, 0.5) is 4.39 Å². The molecule has 0 bridgehead atoms. The number of carbonyl (C=O) groups is 1. The van der Waals surface area contributed by atoms with Crippen LogP contribution in [0.1, 0.15) is 38.2 Å².